The molecule has 0 radical (unpaired) electrons. The summed E-state index contributed by atoms with van der Waals surface area (Å²) in [5, 5.41) is 2.54. The normalized spacial score (nSPS) is 16.7. The van der Waals surface area contributed by atoms with Gasteiger partial charge in [-0.3, -0.25) is 4.90 Å². The number of nitrogens with zero attached hydrogens (tertiary/aromatic N) is 1. The first kappa shape index (κ1) is 20.3. The Labute approximate surface area is 176 Å². The maximum absolute atomic E-state index is 13.0. The Morgan fingerprint density at radius 2 is 1.66 bits per heavy atom. The summed E-state index contributed by atoms with van der Waals surface area (Å²) >= 11 is 6.44. The third-order valence-electron chi connectivity index (χ3n) is 5.25. The molecule has 0 bridgehead atoms. The van der Waals surface area contributed by atoms with Crippen LogP contribution in [0.4, 0.5) is 0 Å². The molecule has 1 N–H and O–H groups in total. The Bertz CT molecular complexity index is 1100. The average Bonchev–Trinajstić information content (AvgIpc) is 2.75. The summed E-state index contributed by atoms with van der Waals surface area (Å²) in [6.45, 7) is 2.94. The number of morpholine rings is 1. The second-order valence-corrected chi connectivity index (χ2v) is 9.22. The van der Waals surface area contributed by atoms with Crippen molar-refractivity contribution in [2.75, 3.05) is 32.8 Å². The van der Waals surface area contributed by atoms with Gasteiger partial charge in [0.15, 0.2) is 0 Å². The third kappa shape index (κ3) is 4.63. The van der Waals surface area contributed by atoms with Gasteiger partial charge in [-0.2, -0.15) is 0 Å². The van der Waals surface area contributed by atoms with E-state index in [1.807, 2.05) is 54.6 Å². The van der Waals surface area contributed by atoms with E-state index in [0.29, 0.717) is 18.2 Å². The highest BCUT2D eigenvalue weighted by atomic mass is 35.5. The van der Waals surface area contributed by atoms with Crippen LogP contribution in [0.5, 0.6) is 0 Å². The topological polar surface area (TPSA) is 58.6 Å². The van der Waals surface area contributed by atoms with Crippen LogP contribution in [0.1, 0.15) is 11.6 Å². The minimum absolute atomic E-state index is 0.164. The summed E-state index contributed by atoms with van der Waals surface area (Å²) in [5.41, 5.74) is 0.914. The quantitative estimate of drug-likeness (QED) is 0.645. The van der Waals surface area contributed by atoms with Crippen molar-refractivity contribution in [2.24, 2.45) is 0 Å². The van der Waals surface area contributed by atoms with Gasteiger partial charge in [0.05, 0.1) is 18.1 Å². The Balaban J connectivity index is 1.59. The van der Waals surface area contributed by atoms with Gasteiger partial charge in [-0.25, -0.2) is 13.1 Å². The lowest BCUT2D eigenvalue weighted by atomic mass is 10.0. The fraction of sp³-hybridized carbons (Fsp3) is 0.273. The molecular weight excluding hydrogens is 408 g/mol. The average molecular weight is 431 g/mol. The molecule has 1 unspecified atom stereocenters. The molecule has 0 amide bonds. The Kier molecular flexibility index (Phi) is 6.18. The van der Waals surface area contributed by atoms with Gasteiger partial charge < -0.3 is 4.74 Å². The van der Waals surface area contributed by atoms with Crippen LogP contribution in [-0.4, -0.2) is 46.2 Å². The molecule has 1 aliphatic rings. The zero-order valence-corrected chi connectivity index (χ0v) is 17.5. The summed E-state index contributed by atoms with van der Waals surface area (Å²) in [6, 6.07) is 20.3. The summed E-state index contributed by atoms with van der Waals surface area (Å²) < 4.78 is 34.2. The summed E-state index contributed by atoms with van der Waals surface area (Å²) in [7, 11) is -3.66. The van der Waals surface area contributed by atoms with Crippen molar-refractivity contribution in [3.63, 3.8) is 0 Å². The van der Waals surface area contributed by atoms with E-state index in [-0.39, 0.29) is 17.5 Å². The molecule has 1 fully saturated rings. The van der Waals surface area contributed by atoms with Crippen molar-refractivity contribution in [3.05, 3.63) is 77.3 Å². The van der Waals surface area contributed by atoms with Crippen molar-refractivity contribution >= 4 is 32.4 Å². The van der Waals surface area contributed by atoms with E-state index in [0.717, 1.165) is 29.4 Å². The minimum atomic E-state index is -3.66. The molecule has 1 atom stereocenters. The maximum Gasteiger partial charge on any atom is 0.240 e. The summed E-state index contributed by atoms with van der Waals surface area (Å²) in [4.78, 5) is 2.48. The van der Waals surface area contributed by atoms with Gasteiger partial charge in [0.25, 0.3) is 0 Å². The SMILES string of the molecule is O=S(=O)(NCC(c1ccccc1Cl)N1CCOCC1)c1ccc2ccccc2c1. The number of rotatable bonds is 6. The third-order valence-corrected chi connectivity index (χ3v) is 7.01. The Morgan fingerprint density at radius 3 is 2.41 bits per heavy atom. The fourth-order valence-corrected chi connectivity index (χ4v) is 5.01. The molecule has 152 valence electrons. The van der Waals surface area contributed by atoms with E-state index in [2.05, 4.69) is 9.62 Å². The van der Waals surface area contributed by atoms with Crippen LogP contribution in [0.15, 0.2) is 71.6 Å². The van der Waals surface area contributed by atoms with Crippen LogP contribution in [0.25, 0.3) is 10.8 Å². The predicted octanol–water partition coefficient (Wildman–Crippen LogP) is 3.85. The molecule has 7 heteroatoms. The first-order valence-corrected chi connectivity index (χ1v) is 11.5. The highest BCUT2D eigenvalue weighted by Crippen LogP contribution is 2.28. The highest BCUT2D eigenvalue weighted by molar-refractivity contribution is 7.89. The molecule has 29 heavy (non-hydrogen) atoms. The van der Waals surface area contributed by atoms with Gasteiger partial charge in [-0.1, -0.05) is 60.1 Å². The van der Waals surface area contributed by atoms with Crippen LogP contribution in [0.2, 0.25) is 5.02 Å². The lowest BCUT2D eigenvalue weighted by Gasteiger charge is -2.35. The van der Waals surface area contributed by atoms with Crippen molar-refractivity contribution in [2.45, 2.75) is 10.9 Å². The van der Waals surface area contributed by atoms with Crippen molar-refractivity contribution < 1.29 is 13.2 Å². The Hall–Kier alpha value is -1.96. The monoisotopic (exact) mass is 430 g/mol. The van der Waals surface area contributed by atoms with Gasteiger partial charge in [0.2, 0.25) is 10.0 Å². The number of halogens is 1. The zero-order chi connectivity index (χ0) is 20.3. The maximum atomic E-state index is 13.0. The second-order valence-electron chi connectivity index (χ2n) is 7.05. The van der Waals surface area contributed by atoms with Gasteiger partial charge in [-0.15, -0.1) is 0 Å². The molecule has 1 aliphatic heterocycles. The molecule has 0 aliphatic carbocycles. The Morgan fingerprint density at radius 1 is 0.966 bits per heavy atom. The molecule has 5 nitrogen and oxygen atoms in total. The standard InChI is InChI=1S/C22H23ClN2O3S/c23-21-8-4-3-7-20(21)22(25-11-13-28-14-12-25)16-24-29(26,27)19-10-9-17-5-1-2-6-18(17)15-19/h1-10,15,22,24H,11-14,16H2. The summed E-state index contributed by atoms with van der Waals surface area (Å²) in [6.07, 6.45) is 0. The van der Waals surface area contributed by atoms with Crippen LogP contribution in [0.3, 0.4) is 0 Å². The van der Waals surface area contributed by atoms with E-state index in [4.69, 9.17) is 16.3 Å². The van der Waals surface area contributed by atoms with E-state index < -0.39 is 10.0 Å². The molecule has 3 aromatic carbocycles. The van der Waals surface area contributed by atoms with Crippen LogP contribution < -0.4 is 4.72 Å². The molecule has 1 heterocycles. The molecule has 0 saturated carbocycles. The molecule has 4 rings (SSSR count). The fourth-order valence-electron chi connectivity index (χ4n) is 3.68. The number of hydrogen-bond donors (Lipinski definition) is 1. The lowest BCUT2D eigenvalue weighted by Crippen LogP contribution is -2.43. The number of sulfonamides is 1. The number of benzene rings is 3. The van der Waals surface area contributed by atoms with Crippen molar-refractivity contribution in [1.29, 1.82) is 0 Å². The van der Waals surface area contributed by atoms with E-state index >= 15 is 0 Å². The minimum Gasteiger partial charge on any atom is -0.379 e. The molecule has 0 aromatic heterocycles. The zero-order valence-electron chi connectivity index (χ0n) is 15.9. The van der Waals surface area contributed by atoms with Crippen LogP contribution in [0, 0.1) is 0 Å². The number of fused-ring (bicyclic) bond motifs is 1. The first-order valence-electron chi connectivity index (χ1n) is 9.59. The van der Waals surface area contributed by atoms with Crippen molar-refractivity contribution in [3.8, 4) is 0 Å². The smallest absolute Gasteiger partial charge is 0.240 e. The van der Waals surface area contributed by atoms with Gasteiger partial charge in [-0.05, 0) is 34.5 Å². The molecular formula is C22H23ClN2O3S. The summed E-state index contributed by atoms with van der Waals surface area (Å²) in [5.74, 6) is 0. The van der Waals surface area contributed by atoms with Crippen molar-refractivity contribution in [1.82, 2.24) is 9.62 Å². The predicted molar refractivity (Wildman–Crippen MR) is 116 cm³/mol. The van der Waals surface area contributed by atoms with E-state index in [1.54, 1.807) is 12.1 Å². The molecule has 0 spiro atoms. The van der Waals surface area contributed by atoms with E-state index in [1.165, 1.54) is 0 Å². The number of hydrogen-bond acceptors (Lipinski definition) is 4. The molecule has 3 aromatic rings. The number of nitrogens with one attached hydrogen (secondary N) is 1. The number of ether oxygens (including phenoxy) is 1. The molecule has 1 saturated heterocycles. The van der Waals surface area contributed by atoms with E-state index in [9.17, 15) is 8.42 Å². The van der Waals surface area contributed by atoms with Gasteiger partial charge in [0, 0.05) is 30.7 Å². The second kappa shape index (κ2) is 8.81. The van der Waals surface area contributed by atoms with Gasteiger partial charge in [0.1, 0.15) is 0 Å². The van der Waals surface area contributed by atoms with Crippen LogP contribution >= 0.6 is 11.6 Å². The largest absolute Gasteiger partial charge is 0.379 e. The first-order chi connectivity index (χ1) is 14.0. The van der Waals surface area contributed by atoms with Gasteiger partial charge >= 0.3 is 0 Å². The highest BCUT2D eigenvalue weighted by Gasteiger charge is 2.26. The lowest BCUT2D eigenvalue weighted by molar-refractivity contribution is 0.0172. The van der Waals surface area contributed by atoms with Crippen LogP contribution in [-0.2, 0) is 14.8 Å².